The summed E-state index contributed by atoms with van der Waals surface area (Å²) in [7, 11) is 3.94. The Labute approximate surface area is 104 Å². The molecule has 96 valence electrons. The lowest BCUT2D eigenvalue weighted by Gasteiger charge is -2.21. The van der Waals surface area contributed by atoms with E-state index >= 15 is 0 Å². The Balaban J connectivity index is 2.40. The normalized spacial score (nSPS) is 12.5. The average Bonchev–Trinajstić information content (AvgIpc) is 2.35. The topological polar surface area (TPSA) is 15.3 Å². The Bertz CT molecular complexity index is 324. The molecule has 1 rings (SSSR count). The molecule has 2 nitrogen and oxygen atoms in total. The first-order chi connectivity index (χ1) is 8.19. The van der Waals surface area contributed by atoms with Crippen molar-refractivity contribution in [3.63, 3.8) is 0 Å². The molecule has 3 heteroatoms. The first kappa shape index (κ1) is 14.0. The van der Waals surface area contributed by atoms with Crippen LogP contribution in [0.2, 0.25) is 0 Å². The third-order valence-electron chi connectivity index (χ3n) is 3.21. The van der Waals surface area contributed by atoms with Gasteiger partial charge in [-0.3, -0.25) is 0 Å². The van der Waals surface area contributed by atoms with Crippen LogP contribution in [0, 0.1) is 5.82 Å². The molecule has 0 fully saturated rings. The quantitative estimate of drug-likeness (QED) is 0.785. The fourth-order valence-corrected chi connectivity index (χ4v) is 2.01. The molecule has 0 aliphatic carbocycles. The maximum absolute atomic E-state index is 13.5. The van der Waals surface area contributed by atoms with Crippen LogP contribution < -0.4 is 10.2 Å². The molecule has 0 aliphatic rings. The molecule has 1 unspecified atom stereocenters. The Morgan fingerprint density at radius 2 is 2.06 bits per heavy atom. The first-order valence-corrected chi connectivity index (χ1v) is 6.32. The molecular weight excluding hydrogens is 215 g/mol. The second-order valence-electron chi connectivity index (χ2n) is 4.41. The highest BCUT2D eigenvalue weighted by atomic mass is 19.1. The molecule has 0 aliphatic heterocycles. The van der Waals surface area contributed by atoms with Crippen LogP contribution in [0.4, 0.5) is 10.1 Å². The molecule has 0 saturated heterocycles. The van der Waals surface area contributed by atoms with Gasteiger partial charge in [0.1, 0.15) is 5.82 Å². The van der Waals surface area contributed by atoms with E-state index in [2.05, 4.69) is 12.2 Å². The molecule has 1 atom stereocenters. The van der Waals surface area contributed by atoms with Crippen LogP contribution in [0.5, 0.6) is 0 Å². The summed E-state index contributed by atoms with van der Waals surface area (Å²) in [6.45, 7) is 3.07. The van der Waals surface area contributed by atoms with Gasteiger partial charge in [-0.05, 0) is 38.4 Å². The van der Waals surface area contributed by atoms with Crippen LogP contribution in [-0.4, -0.2) is 26.7 Å². The zero-order valence-electron chi connectivity index (χ0n) is 11.0. The van der Waals surface area contributed by atoms with Gasteiger partial charge in [0.2, 0.25) is 0 Å². The molecule has 1 aromatic rings. The molecule has 0 bridgehead atoms. The van der Waals surface area contributed by atoms with Crippen LogP contribution in [0.25, 0.3) is 0 Å². The lowest BCUT2D eigenvalue weighted by Crippen LogP contribution is -2.26. The number of rotatable bonds is 7. The fourth-order valence-electron chi connectivity index (χ4n) is 2.01. The van der Waals surface area contributed by atoms with E-state index in [1.54, 1.807) is 6.07 Å². The van der Waals surface area contributed by atoms with E-state index in [1.807, 2.05) is 31.1 Å². The van der Waals surface area contributed by atoms with Crippen molar-refractivity contribution in [3.05, 3.63) is 30.1 Å². The second kappa shape index (κ2) is 7.28. The van der Waals surface area contributed by atoms with Gasteiger partial charge in [-0.15, -0.1) is 0 Å². The third-order valence-corrected chi connectivity index (χ3v) is 3.21. The van der Waals surface area contributed by atoms with Crippen molar-refractivity contribution in [1.29, 1.82) is 0 Å². The molecule has 1 aromatic carbocycles. The van der Waals surface area contributed by atoms with Gasteiger partial charge in [-0.2, -0.15) is 0 Å². The molecule has 0 saturated carbocycles. The number of nitrogens with one attached hydrogen (secondary N) is 1. The Hall–Kier alpha value is -1.09. The number of benzene rings is 1. The van der Waals surface area contributed by atoms with E-state index in [0.717, 1.165) is 25.8 Å². The van der Waals surface area contributed by atoms with Gasteiger partial charge in [0.25, 0.3) is 0 Å². The minimum absolute atomic E-state index is 0.143. The summed E-state index contributed by atoms with van der Waals surface area (Å²) in [6, 6.07) is 7.50. The zero-order chi connectivity index (χ0) is 12.7. The zero-order valence-corrected chi connectivity index (χ0v) is 11.0. The van der Waals surface area contributed by atoms with E-state index in [-0.39, 0.29) is 5.82 Å². The number of halogens is 1. The van der Waals surface area contributed by atoms with Gasteiger partial charge in [0, 0.05) is 19.6 Å². The van der Waals surface area contributed by atoms with Crippen molar-refractivity contribution >= 4 is 5.69 Å². The summed E-state index contributed by atoms with van der Waals surface area (Å²) < 4.78 is 13.5. The van der Waals surface area contributed by atoms with E-state index in [0.29, 0.717) is 11.7 Å². The molecule has 1 N–H and O–H groups in total. The van der Waals surface area contributed by atoms with Crippen molar-refractivity contribution in [2.45, 2.75) is 32.2 Å². The highest BCUT2D eigenvalue weighted by Crippen LogP contribution is 2.17. The van der Waals surface area contributed by atoms with Crippen molar-refractivity contribution in [1.82, 2.24) is 5.32 Å². The number of hydrogen-bond acceptors (Lipinski definition) is 2. The van der Waals surface area contributed by atoms with Crippen LogP contribution >= 0.6 is 0 Å². The molecule has 0 aromatic heterocycles. The fraction of sp³-hybridized carbons (Fsp3) is 0.571. The van der Waals surface area contributed by atoms with Gasteiger partial charge in [0.05, 0.1) is 5.69 Å². The van der Waals surface area contributed by atoms with E-state index in [9.17, 15) is 4.39 Å². The minimum Gasteiger partial charge on any atom is -0.372 e. The van der Waals surface area contributed by atoms with Crippen LogP contribution in [-0.2, 0) is 0 Å². The third kappa shape index (κ3) is 4.35. The van der Waals surface area contributed by atoms with Gasteiger partial charge >= 0.3 is 0 Å². The summed E-state index contributed by atoms with van der Waals surface area (Å²) in [5.41, 5.74) is 0.685. The molecule has 17 heavy (non-hydrogen) atoms. The largest absolute Gasteiger partial charge is 0.372 e. The summed E-state index contributed by atoms with van der Waals surface area (Å²) in [6.07, 6.45) is 3.34. The molecular formula is C14H23FN2. The van der Waals surface area contributed by atoms with Crippen molar-refractivity contribution < 1.29 is 4.39 Å². The Morgan fingerprint density at radius 1 is 1.35 bits per heavy atom. The molecule has 0 spiro atoms. The first-order valence-electron chi connectivity index (χ1n) is 6.32. The lowest BCUT2D eigenvalue weighted by molar-refractivity contribution is 0.491. The Kier molecular flexibility index (Phi) is 5.98. The van der Waals surface area contributed by atoms with Crippen molar-refractivity contribution in [2.75, 3.05) is 25.5 Å². The maximum Gasteiger partial charge on any atom is 0.146 e. The number of nitrogens with zero attached hydrogens (tertiary/aromatic N) is 1. The SMILES string of the molecule is CCC(CCCN(C)c1ccccc1F)NC. The van der Waals surface area contributed by atoms with Gasteiger partial charge in [-0.1, -0.05) is 19.1 Å². The average molecular weight is 238 g/mol. The Morgan fingerprint density at radius 3 is 2.65 bits per heavy atom. The van der Waals surface area contributed by atoms with E-state index in [4.69, 9.17) is 0 Å². The predicted octanol–water partition coefficient (Wildman–Crippen LogP) is 3.04. The summed E-state index contributed by atoms with van der Waals surface area (Å²) in [5.74, 6) is -0.143. The van der Waals surface area contributed by atoms with Crippen molar-refractivity contribution in [2.24, 2.45) is 0 Å². The van der Waals surface area contributed by atoms with Gasteiger partial charge in [-0.25, -0.2) is 4.39 Å². The van der Waals surface area contributed by atoms with Crippen LogP contribution in [0.3, 0.4) is 0 Å². The highest BCUT2D eigenvalue weighted by Gasteiger charge is 2.07. The van der Waals surface area contributed by atoms with Crippen LogP contribution in [0.15, 0.2) is 24.3 Å². The van der Waals surface area contributed by atoms with E-state index in [1.165, 1.54) is 6.07 Å². The summed E-state index contributed by atoms with van der Waals surface area (Å²) in [4.78, 5) is 1.98. The molecule has 0 heterocycles. The van der Waals surface area contributed by atoms with Gasteiger partial charge < -0.3 is 10.2 Å². The standard InChI is InChI=1S/C14H23FN2/c1-4-12(16-2)8-7-11-17(3)14-10-6-5-9-13(14)15/h5-6,9-10,12,16H,4,7-8,11H2,1-3H3. The smallest absolute Gasteiger partial charge is 0.146 e. The van der Waals surface area contributed by atoms with Crippen molar-refractivity contribution in [3.8, 4) is 0 Å². The molecule has 0 amide bonds. The monoisotopic (exact) mass is 238 g/mol. The number of para-hydroxylation sites is 1. The summed E-state index contributed by atoms with van der Waals surface area (Å²) in [5, 5.41) is 3.28. The highest BCUT2D eigenvalue weighted by molar-refractivity contribution is 5.46. The van der Waals surface area contributed by atoms with E-state index < -0.39 is 0 Å². The second-order valence-corrected chi connectivity index (χ2v) is 4.41. The number of hydrogen-bond donors (Lipinski definition) is 1. The van der Waals surface area contributed by atoms with Crippen LogP contribution in [0.1, 0.15) is 26.2 Å². The summed E-state index contributed by atoms with van der Waals surface area (Å²) >= 11 is 0. The molecule has 0 radical (unpaired) electrons. The predicted molar refractivity (Wildman–Crippen MR) is 72.0 cm³/mol. The number of anilines is 1. The van der Waals surface area contributed by atoms with Gasteiger partial charge in [0.15, 0.2) is 0 Å². The minimum atomic E-state index is -0.143. The lowest BCUT2D eigenvalue weighted by atomic mass is 10.1. The maximum atomic E-state index is 13.5.